The Kier molecular flexibility index (Phi) is 6.97. The minimum atomic E-state index is -0.483. The molecular formula is C21H17Cl2FN2O4. The Hall–Kier alpha value is -3.03. The number of para-hydroxylation sites is 1. The van der Waals surface area contributed by atoms with E-state index in [9.17, 15) is 14.0 Å². The van der Waals surface area contributed by atoms with Gasteiger partial charge in [-0.05, 0) is 48.5 Å². The Bertz CT molecular complexity index is 1030. The molecular weight excluding hydrogens is 434 g/mol. The monoisotopic (exact) mass is 450 g/mol. The lowest BCUT2D eigenvalue weighted by Crippen LogP contribution is -2.34. The quantitative estimate of drug-likeness (QED) is 0.548. The summed E-state index contributed by atoms with van der Waals surface area (Å²) in [5, 5.41) is 3.18. The molecule has 9 heteroatoms. The maximum Gasteiger partial charge on any atom is 0.289 e. The predicted octanol–water partition coefficient (Wildman–Crippen LogP) is 5.02. The van der Waals surface area contributed by atoms with Gasteiger partial charge in [0.25, 0.3) is 5.91 Å². The number of ether oxygens (including phenoxy) is 1. The number of hydrogen-bond donors (Lipinski definition) is 1. The van der Waals surface area contributed by atoms with Crippen LogP contribution in [0.15, 0.2) is 59.0 Å². The predicted molar refractivity (Wildman–Crippen MR) is 111 cm³/mol. The van der Waals surface area contributed by atoms with Crippen LogP contribution < -0.4 is 10.1 Å². The van der Waals surface area contributed by atoms with E-state index in [0.29, 0.717) is 21.6 Å². The fraction of sp³-hybridized carbons (Fsp3) is 0.143. The highest BCUT2D eigenvalue weighted by molar-refractivity contribution is 6.39. The number of nitrogens with zero attached hydrogens (tertiary/aromatic N) is 1. The molecule has 1 aromatic heterocycles. The SMILES string of the molecule is CN(CC(=O)Nc1c(Cl)cccc1Cl)C(=O)c1ccc(COc2ccc(F)cc2)o1. The van der Waals surface area contributed by atoms with Crippen molar-refractivity contribution in [2.45, 2.75) is 6.61 Å². The van der Waals surface area contributed by atoms with Crippen LogP contribution in [0.3, 0.4) is 0 Å². The molecule has 0 aliphatic heterocycles. The van der Waals surface area contributed by atoms with Crippen molar-refractivity contribution in [3.05, 3.63) is 82.0 Å². The van der Waals surface area contributed by atoms with Gasteiger partial charge >= 0.3 is 0 Å². The molecule has 0 atom stereocenters. The molecule has 0 aliphatic carbocycles. The molecule has 1 N–H and O–H groups in total. The van der Waals surface area contributed by atoms with Crippen LogP contribution in [0.5, 0.6) is 5.75 Å². The standard InChI is InChI=1S/C21H17Cl2FN2O4/c1-26(11-19(27)25-20-16(22)3-2-4-17(20)23)21(28)18-10-9-15(30-18)12-29-14-7-5-13(24)6-8-14/h2-10H,11-12H2,1H3,(H,25,27). The molecule has 0 saturated heterocycles. The van der Waals surface area contributed by atoms with Crippen molar-refractivity contribution < 1.29 is 23.1 Å². The van der Waals surface area contributed by atoms with E-state index in [-0.39, 0.29) is 30.4 Å². The number of amides is 2. The number of rotatable bonds is 7. The van der Waals surface area contributed by atoms with E-state index in [1.54, 1.807) is 24.3 Å². The summed E-state index contributed by atoms with van der Waals surface area (Å²) in [5.74, 6) is -0.386. The highest BCUT2D eigenvalue weighted by Crippen LogP contribution is 2.29. The van der Waals surface area contributed by atoms with Crippen LogP contribution in [-0.4, -0.2) is 30.3 Å². The second-order valence-electron chi connectivity index (χ2n) is 6.31. The van der Waals surface area contributed by atoms with E-state index in [4.69, 9.17) is 32.4 Å². The van der Waals surface area contributed by atoms with Gasteiger partial charge < -0.3 is 19.4 Å². The van der Waals surface area contributed by atoms with E-state index in [0.717, 1.165) is 0 Å². The molecule has 0 unspecified atom stereocenters. The highest BCUT2D eigenvalue weighted by atomic mass is 35.5. The number of hydrogen-bond acceptors (Lipinski definition) is 4. The van der Waals surface area contributed by atoms with E-state index in [1.165, 1.54) is 42.3 Å². The van der Waals surface area contributed by atoms with Gasteiger partial charge in [0.05, 0.1) is 22.3 Å². The number of nitrogens with one attached hydrogen (secondary N) is 1. The Balaban J connectivity index is 1.55. The van der Waals surface area contributed by atoms with Gasteiger partial charge in [0.2, 0.25) is 5.91 Å². The molecule has 0 fully saturated rings. The third-order valence-electron chi connectivity index (χ3n) is 4.02. The summed E-state index contributed by atoms with van der Waals surface area (Å²) >= 11 is 12.1. The van der Waals surface area contributed by atoms with Crippen molar-refractivity contribution in [3.8, 4) is 5.75 Å². The maximum atomic E-state index is 12.9. The number of likely N-dealkylation sites (N-methyl/N-ethyl adjacent to an activating group) is 1. The van der Waals surface area contributed by atoms with Gasteiger partial charge in [0.15, 0.2) is 5.76 Å². The molecule has 0 saturated carbocycles. The lowest BCUT2D eigenvalue weighted by atomic mass is 10.3. The summed E-state index contributed by atoms with van der Waals surface area (Å²) < 4.78 is 23.9. The molecule has 2 aromatic carbocycles. The Morgan fingerprint density at radius 2 is 1.73 bits per heavy atom. The lowest BCUT2D eigenvalue weighted by Gasteiger charge is -2.16. The van der Waals surface area contributed by atoms with E-state index < -0.39 is 11.8 Å². The van der Waals surface area contributed by atoms with Gasteiger partial charge in [0.1, 0.15) is 23.9 Å². The zero-order chi connectivity index (χ0) is 21.7. The minimum absolute atomic E-state index is 0.0544. The summed E-state index contributed by atoms with van der Waals surface area (Å²) in [6.07, 6.45) is 0. The number of anilines is 1. The second-order valence-corrected chi connectivity index (χ2v) is 7.13. The minimum Gasteiger partial charge on any atom is -0.486 e. The first kappa shape index (κ1) is 21.7. The number of furan rings is 1. The van der Waals surface area contributed by atoms with Gasteiger partial charge in [-0.2, -0.15) is 0 Å². The second kappa shape index (κ2) is 9.65. The van der Waals surface area contributed by atoms with Gasteiger partial charge in [0, 0.05) is 7.05 Å². The molecule has 3 aromatic rings. The summed E-state index contributed by atoms with van der Waals surface area (Å²) in [5.41, 5.74) is 0.282. The molecule has 30 heavy (non-hydrogen) atoms. The van der Waals surface area contributed by atoms with Crippen molar-refractivity contribution in [1.29, 1.82) is 0 Å². The average Bonchev–Trinajstić information content (AvgIpc) is 3.19. The van der Waals surface area contributed by atoms with Crippen LogP contribution in [0.2, 0.25) is 10.0 Å². The molecule has 3 rings (SSSR count). The summed E-state index contributed by atoms with van der Waals surface area (Å²) in [6.45, 7) is -0.170. The summed E-state index contributed by atoms with van der Waals surface area (Å²) in [4.78, 5) is 26.0. The third kappa shape index (κ3) is 5.52. The van der Waals surface area contributed by atoms with Gasteiger partial charge in [-0.25, -0.2) is 4.39 Å². The van der Waals surface area contributed by atoms with E-state index in [2.05, 4.69) is 5.32 Å². The summed E-state index contributed by atoms with van der Waals surface area (Å²) in [7, 11) is 1.47. The van der Waals surface area contributed by atoms with Gasteiger partial charge in [-0.3, -0.25) is 9.59 Å². The molecule has 0 spiro atoms. The van der Waals surface area contributed by atoms with Crippen LogP contribution in [0, 0.1) is 5.82 Å². The fourth-order valence-electron chi connectivity index (χ4n) is 2.53. The zero-order valence-electron chi connectivity index (χ0n) is 15.8. The average molecular weight is 451 g/mol. The van der Waals surface area contributed by atoms with Crippen LogP contribution in [0.4, 0.5) is 10.1 Å². The number of carbonyl (C=O) groups is 2. The lowest BCUT2D eigenvalue weighted by molar-refractivity contribution is -0.116. The first-order valence-electron chi connectivity index (χ1n) is 8.80. The Morgan fingerprint density at radius 3 is 2.40 bits per heavy atom. The molecule has 0 radical (unpaired) electrons. The van der Waals surface area contributed by atoms with Crippen LogP contribution >= 0.6 is 23.2 Å². The molecule has 6 nitrogen and oxygen atoms in total. The van der Waals surface area contributed by atoms with Crippen LogP contribution in [0.25, 0.3) is 0 Å². The van der Waals surface area contributed by atoms with Crippen molar-refractivity contribution >= 4 is 40.7 Å². The number of benzene rings is 2. The Morgan fingerprint density at radius 1 is 1.07 bits per heavy atom. The summed E-state index contributed by atoms with van der Waals surface area (Å²) in [6, 6.07) is 13.5. The van der Waals surface area contributed by atoms with Gasteiger partial charge in [-0.15, -0.1) is 0 Å². The fourth-order valence-corrected chi connectivity index (χ4v) is 3.02. The van der Waals surface area contributed by atoms with Crippen molar-refractivity contribution in [2.24, 2.45) is 0 Å². The maximum absolute atomic E-state index is 12.9. The topological polar surface area (TPSA) is 71.8 Å². The molecule has 0 bridgehead atoms. The van der Waals surface area contributed by atoms with Gasteiger partial charge in [-0.1, -0.05) is 29.3 Å². The zero-order valence-corrected chi connectivity index (χ0v) is 17.3. The number of halogens is 3. The van der Waals surface area contributed by atoms with E-state index in [1.807, 2.05) is 0 Å². The van der Waals surface area contributed by atoms with Crippen LogP contribution in [-0.2, 0) is 11.4 Å². The van der Waals surface area contributed by atoms with Crippen molar-refractivity contribution in [2.75, 3.05) is 18.9 Å². The van der Waals surface area contributed by atoms with E-state index >= 15 is 0 Å². The molecule has 0 aliphatic rings. The Labute approximate surface area is 182 Å². The number of carbonyl (C=O) groups excluding carboxylic acids is 2. The van der Waals surface area contributed by atoms with Crippen molar-refractivity contribution in [1.82, 2.24) is 4.90 Å². The smallest absolute Gasteiger partial charge is 0.289 e. The third-order valence-corrected chi connectivity index (χ3v) is 4.65. The normalized spacial score (nSPS) is 10.5. The largest absolute Gasteiger partial charge is 0.486 e. The van der Waals surface area contributed by atoms with Crippen LogP contribution in [0.1, 0.15) is 16.3 Å². The van der Waals surface area contributed by atoms with Crippen molar-refractivity contribution in [3.63, 3.8) is 0 Å². The molecule has 156 valence electrons. The molecule has 2 amide bonds. The first-order valence-corrected chi connectivity index (χ1v) is 9.55. The molecule has 1 heterocycles. The first-order chi connectivity index (χ1) is 14.3. The highest BCUT2D eigenvalue weighted by Gasteiger charge is 2.19.